The molecule has 1 aromatic heterocycles. The molecule has 0 unspecified atom stereocenters. The number of aromatic nitrogens is 1. The summed E-state index contributed by atoms with van der Waals surface area (Å²) < 4.78 is 15.6. The number of hydrogen-bond donors (Lipinski definition) is 1. The standard InChI is InChI=1S/C17H15N3O4/c1-22-12-8-9-13(14(10-12)23-2)19-20-15-17(21)24-16(18-15)11-6-4-3-5-7-11/h3-10,21H,1-2H3. The van der Waals surface area contributed by atoms with Crippen molar-refractivity contribution in [3.05, 3.63) is 48.5 Å². The molecule has 0 atom stereocenters. The molecule has 0 amide bonds. The Morgan fingerprint density at radius 1 is 1.00 bits per heavy atom. The van der Waals surface area contributed by atoms with Gasteiger partial charge in [-0.25, -0.2) is 0 Å². The zero-order chi connectivity index (χ0) is 16.9. The topological polar surface area (TPSA) is 89.4 Å². The van der Waals surface area contributed by atoms with Gasteiger partial charge >= 0.3 is 5.95 Å². The number of oxazole rings is 1. The maximum absolute atomic E-state index is 9.85. The molecule has 0 aliphatic rings. The minimum Gasteiger partial charge on any atom is -0.497 e. The molecule has 0 aliphatic carbocycles. The normalized spacial score (nSPS) is 10.9. The van der Waals surface area contributed by atoms with Gasteiger partial charge in [-0.3, -0.25) is 0 Å². The first-order chi connectivity index (χ1) is 11.7. The van der Waals surface area contributed by atoms with Crippen molar-refractivity contribution < 1.29 is 19.0 Å². The van der Waals surface area contributed by atoms with Gasteiger partial charge in [0.05, 0.1) is 14.2 Å². The van der Waals surface area contributed by atoms with Crippen molar-refractivity contribution in [2.45, 2.75) is 0 Å². The van der Waals surface area contributed by atoms with E-state index in [1.807, 2.05) is 30.3 Å². The largest absolute Gasteiger partial charge is 0.497 e. The number of rotatable bonds is 5. The van der Waals surface area contributed by atoms with Gasteiger partial charge < -0.3 is 19.0 Å². The summed E-state index contributed by atoms with van der Waals surface area (Å²) in [6.07, 6.45) is 0. The highest BCUT2D eigenvalue weighted by molar-refractivity contribution is 5.58. The van der Waals surface area contributed by atoms with Crippen LogP contribution in [-0.4, -0.2) is 24.3 Å². The lowest BCUT2D eigenvalue weighted by atomic mass is 10.2. The lowest BCUT2D eigenvalue weighted by molar-refractivity contribution is 0.338. The number of methoxy groups -OCH3 is 2. The van der Waals surface area contributed by atoms with E-state index in [2.05, 4.69) is 15.2 Å². The Kier molecular flexibility index (Phi) is 4.42. The minimum absolute atomic E-state index is 0.00766. The number of hydrogen-bond acceptors (Lipinski definition) is 7. The molecule has 0 saturated heterocycles. The zero-order valence-corrected chi connectivity index (χ0v) is 13.1. The molecule has 7 nitrogen and oxygen atoms in total. The van der Waals surface area contributed by atoms with Crippen LogP contribution < -0.4 is 9.47 Å². The summed E-state index contributed by atoms with van der Waals surface area (Å²) in [5, 5.41) is 17.8. The van der Waals surface area contributed by atoms with Crippen molar-refractivity contribution in [2.24, 2.45) is 10.2 Å². The second-order valence-corrected chi connectivity index (χ2v) is 4.75. The second-order valence-electron chi connectivity index (χ2n) is 4.75. The van der Waals surface area contributed by atoms with Crippen LogP contribution in [0.4, 0.5) is 11.5 Å². The van der Waals surface area contributed by atoms with Gasteiger partial charge in [-0.05, 0) is 24.3 Å². The molecule has 0 radical (unpaired) electrons. The van der Waals surface area contributed by atoms with Gasteiger partial charge in [0.1, 0.15) is 17.2 Å². The van der Waals surface area contributed by atoms with Gasteiger partial charge in [0.15, 0.2) is 0 Å². The molecular formula is C17H15N3O4. The Morgan fingerprint density at radius 2 is 1.79 bits per heavy atom. The lowest BCUT2D eigenvalue weighted by Crippen LogP contribution is -1.86. The van der Waals surface area contributed by atoms with Crippen LogP contribution in [0.3, 0.4) is 0 Å². The molecule has 7 heteroatoms. The van der Waals surface area contributed by atoms with Gasteiger partial charge in [0.2, 0.25) is 5.89 Å². The Bertz CT molecular complexity index is 860. The van der Waals surface area contributed by atoms with Gasteiger partial charge in [-0.1, -0.05) is 18.2 Å². The van der Waals surface area contributed by atoms with Crippen LogP contribution in [0.2, 0.25) is 0 Å². The zero-order valence-electron chi connectivity index (χ0n) is 13.1. The van der Waals surface area contributed by atoms with E-state index in [1.54, 1.807) is 25.3 Å². The van der Waals surface area contributed by atoms with Crippen LogP contribution in [0.25, 0.3) is 11.5 Å². The van der Waals surface area contributed by atoms with Crippen LogP contribution in [0.5, 0.6) is 17.4 Å². The van der Waals surface area contributed by atoms with Gasteiger partial charge in [-0.2, -0.15) is 4.98 Å². The highest BCUT2D eigenvalue weighted by Crippen LogP contribution is 2.36. The first kappa shape index (κ1) is 15.5. The summed E-state index contributed by atoms with van der Waals surface area (Å²) in [6.45, 7) is 0. The number of ether oxygens (including phenoxy) is 2. The minimum atomic E-state index is -0.398. The summed E-state index contributed by atoms with van der Waals surface area (Å²) in [5.74, 6) is 0.992. The van der Waals surface area contributed by atoms with E-state index in [0.717, 1.165) is 5.56 Å². The van der Waals surface area contributed by atoms with E-state index in [4.69, 9.17) is 13.9 Å². The fraction of sp³-hybridized carbons (Fsp3) is 0.118. The molecule has 0 fully saturated rings. The van der Waals surface area contributed by atoms with Crippen LogP contribution in [0.1, 0.15) is 0 Å². The predicted molar refractivity (Wildman–Crippen MR) is 87.3 cm³/mol. The fourth-order valence-electron chi connectivity index (χ4n) is 2.04. The highest BCUT2D eigenvalue weighted by Gasteiger charge is 2.13. The molecule has 24 heavy (non-hydrogen) atoms. The molecule has 0 aliphatic heterocycles. The second kappa shape index (κ2) is 6.82. The smallest absolute Gasteiger partial charge is 0.332 e. The maximum atomic E-state index is 9.85. The molecule has 0 saturated carbocycles. The molecule has 3 rings (SSSR count). The van der Waals surface area contributed by atoms with Crippen molar-refractivity contribution in [1.29, 1.82) is 0 Å². The lowest BCUT2D eigenvalue weighted by Gasteiger charge is -2.05. The van der Waals surface area contributed by atoms with E-state index in [-0.39, 0.29) is 11.7 Å². The van der Waals surface area contributed by atoms with Crippen LogP contribution in [0.15, 0.2) is 63.2 Å². The molecule has 2 aromatic carbocycles. The molecule has 122 valence electrons. The van der Waals surface area contributed by atoms with Crippen molar-refractivity contribution in [3.8, 4) is 28.9 Å². The summed E-state index contributed by atoms with van der Waals surface area (Å²) >= 11 is 0. The van der Waals surface area contributed by atoms with E-state index < -0.39 is 5.95 Å². The molecule has 1 heterocycles. The molecular weight excluding hydrogens is 310 g/mol. The highest BCUT2D eigenvalue weighted by atomic mass is 16.5. The first-order valence-electron chi connectivity index (χ1n) is 7.10. The Hall–Kier alpha value is -3.35. The number of aromatic hydroxyl groups is 1. The van der Waals surface area contributed by atoms with Crippen molar-refractivity contribution in [1.82, 2.24) is 4.98 Å². The van der Waals surface area contributed by atoms with E-state index >= 15 is 0 Å². The summed E-state index contributed by atoms with van der Waals surface area (Å²) in [4.78, 5) is 4.14. The van der Waals surface area contributed by atoms with Crippen molar-refractivity contribution in [3.63, 3.8) is 0 Å². The monoisotopic (exact) mass is 325 g/mol. The van der Waals surface area contributed by atoms with E-state index in [0.29, 0.717) is 17.2 Å². The van der Waals surface area contributed by atoms with Crippen LogP contribution in [-0.2, 0) is 0 Å². The predicted octanol–water partition coefficient (Wildman–Crippen LogP) is 4.48. The van der Waals surface area contributed by atoms with Gasteiger partial charge in [0, 0.05) is 11.6 Å². The molecule has 0 bridgehead atoms. The summed E-state index contributed by atoms with van der Waals surface area (Å²) in [6, 6.07) is 14.3. The number of nitrogens with zero attached hydrogens (tertiary/aromatic N) is 3. The van der Waals surface area contributed by atoms with Crippen molar-refractivity contribution in [2.75, 3.05) is 14.2 Å². The summed E-state index contributed by atoms with van der Waals surface area (Å²) in [5.41, 5.74) is 1.21. The Balaban J connectivity index is 1.89. The maximum Gasteiger partial charge on any atom is 0.332 e. The SMILES string of the molecule is COc1ccc(N=Nc2nc(-c3ccccc3)oc2O)c(OC)c1. The van der Waals surface area contributed by atoms with Crippen LogP contribution >= 0.6 is 0 Å². The van der Waals surface area contributed by atoms with E-state index in [1.165, 1.54) is 7.11 Å². The Morgan fingerprint density at radius 3 is 2.50 bits per heavy atom. The van der Waals surface area contributed by atoms with Gasteiger partial charge in [0.25, 0.3) is 5.82 Å². The Labute approximate surface area is 138 Å². The first-order valence-corrected chi connectivity index (χ1v) is 7.10. The third kappa shape index (κ3) is 3.19. The van der Waals surface area contributed by atoms with E-state index in [9.17, 15) is 5.11 Å². The third-order valence-corrected chi connectivity index (χ3v) is 3.25. The average Bonchev–Trinajstić information content (AvgIpc) is 3.01. The number of azo groups is 1. The van der Waals surface area contributed by atoms with Gasteiger partial charge in [-0.15, -0.1) is 10.2 Å². The number of benzene rings is 2. The third-order valence-electron chi connectivity index (χ3n) is 3.25. The van der Waals surface area contributed by atoms with Crippen LogP contribution in [0, 0.1) is 0 Å². The molecule has 1 N–H and O–H groups in total. The fourth-order valence-corrected chi connectivity index (χ4v) is 2.04. The summed E-state index contributed by atoms with van der Waals surface area (Å²) in [7, 11) is 3.09. The van der Waals surface area contributed by atoms with Crippen molar-refractivity contribution >= 4 is 11.5 Å². The quantitative estimate of drug-likeness (QED) is 0.699. The average molecular weight is 325 g/mol. The molecule has 3 aromatic rings. The molecule has 0 spiro atoms.